The molecule has 1 aliphatic rings. The number of fused-ring (bicyclic) bond motifs is 1. The third kappa shape index (κ3) is 4.47. The third-order valence-electron chi connectivity index (χ3n) is 4.20. The molecule has 0 spiro atoms. The van der Waals surface area contributed by atoms with Crippen molar-refractivity contribution in [3.8, 4) is 11.8 Å². The standard InChI is InChI=1S/C18H26N2O/c1-3-11-20-18(2,14-19)10-12-21-17-9-8-15-6-4-5-7-16(15)13-17/h8-9,13,20H,3-7,10-12H2,1-2H3. The van der Waals surface area contributed by atoms with Crippen LogP contribution in [0, 0.1) is 11.3 Å². The van der Waals surface area contributed by atoms with Gasteiger partial charge in [-0.3, -0.25) is 5.32 Å². The molecule has 1 unspecified atom stereocenters. The summed E-state index contributed by atoms with van der Waals surface area (Å²) < 4.78 is 5.86. The minimum atomic E-state index is -0.496. The summed E-state index contributed by atoms with van der Waals surface area (Å²) in [6.45, 7) is 5.48. The summed E-state index contributed by atoms with van der Waals surface area (Å²) in [6, 6.07) is 8.80. The summed E-state index contributed by atoms with van der Waals surface area (Å²) in [4.78, 5) is 0. The highest BCUT2D eigenvalue weighted by Gasteiger charge is 2.22. The molecule has 1 aliphatic carbocycles. The van der Waals surface area contributed by atoms with Crippen LogP contribution in [-0.4, -0.2) is 18.7 Å². The number of ether oxygens (including phenoxy) is 1. The van der Waals surface area contributed by atoms with E-state index in [-0.39, 0.29) is 0 Å². The minimum absolute atomic E-state index is 0.496. The summed E-state index contributed by atoms with van der Waals surface area (Å²) in [5.41, 5.74) is 2.41. The van der Waals surface area contributed by atoms with Gasteiger partial charge in [-0.15, -0.1) is 0 Å². The maximum Gasteiger partial charge on any atom is 0.119 e. The van der Waals surface area contributed by atoms with Crippen molar-refractivity contribution in [2.24, 2.45) is 0 Å². The molecular formula is C18H26N2O. The molecular weight excluding hydrogens is 260 g/mol. The highest BCUT2D eigenvalue weighted by molar-refractivity contribution is 5.37. The number of nitriles is 1. The molecule has 1 aromatic rings. The number of nitrogens with zero attached hydrogens (tertiary/aromatic N) is 1. The van der Waals surface area contributed by atoms with Crippen molar-refractivity contribution in [3.05, 3.63) is 29.3 Å². The molecule has 0 aliphatic heterocycles. The lowest BCUT2D eigenvalue weighted by molar-refractivity contribution is 0.267. The zero-order valence-electron chi connectivity index (χ0n) is 13.2. The summed E-state index contributed by atoms with van der Waals surface area (Å²) in [6.07, 6.45) is 6.67. The summed E-state index contributed by atoms with van der Waals surface area (Å²) in [7, 11) is 0. The van der Waals surface area contributed by atoms with Crippen LogP contribution in [0.3, 0.4) is 0 Å². The maximum absolute atomic E-state index is 9.30. The first-order valence-corrected chi connectivity index (χ1v) is 8.08. The van der Waals surface area contributed by atoms with Crippen molar-refractivity contribution >= 4 is 0 Å². The van der Waals surface area contributed by atoms with Gasteiger partial charge in [0.05, 0.1) is 12.7 Å². The van der Waals surface area contributed by atoms with Gasteiger partial charge in [0.15, 0.2) is 0 Å². The molecule has 0 aromatic heterocycles. The van der Waals surface area contributed by atoms with Crippen molar-refractivity contribution < 1.29 is 4.74 Å². The van der Waals surface area contributed by atoms with Crippen molar-refractivity contribution in [3.63, 3.8) is 0 Å². The van der Waals surface area contributed by atoms with E-state index in [1.54, 1.807) is 0 Å². The van der Waals surface area contributed by atoms with Crippen LogP contribution < -0.4 is 10.1 Å². The minimum Gasteiger partial charge on any atom is -0.493 e. The zero-order chi connectivity index (χ0) is 15.1. The van der Waals surface area contributed by atoms with Gasteiger partial charge in [-0.25, -0.2) is 0 Å². The van der Waals surface area contributed by atoms with Crippen molar-refractivity contribution in [2.75, 3.05) is 13.2 Å². The van der Waals surface area contributed by atoms with Crippen LogP contribution in [0.25, 0.3) is 0 Å². The molecule has 1 N–H and O–H groups in total. The first kappa shape index (κ1) is 15.9. The lowest BCUT2D eigenvalue weighted by Crippen LogP contribution is -2.42. The fraction of sp³-hybridized carbons (Fsp3) is 0.611. The second-order valence-electron chi connectivity index (χ2n) is 6.11. The number of rotatable bonds is 7. The fourth-order valence-electron chi connectivity index (χ4n) is 2.76. The lowest BCUT2D eigenvalue weighted by Gasteiger charge is -2.23. The van der Waals surface area contributed by atoms with Gasteiger partial charge in [-0.1, -0.05) is 13.0 Å². The van der Waals surface area contributed by atoms with Gasteiger partial charge in [0, 0.05) is 6.42 Å². The Morgan fingerprint density at radius 1 is 1.29 bits per heavy atom. The molecule has 114 valence electrons. The number of nitrogens with one attached hydrogen (secondary N) is 1. The Bertz CT molecular complexity index is 506. The van der Waals surface area contributed by atoms with Crippen molar-refractivity contribution in [2.45, 2.75) is 57.9 Å². The van der Waals surface area contributed by atoms with Gasteiger partial charge < -0.3 is 4.74 Å². The van der Waals surface area contributed by atoms with Crippen molar-refractivity contribution in [1.29, 1.82) is 5.26 Å². The molecule has 0 fully saturated rings. The Kier molecular flexibility index (Phi) is 5.64. The van der Waals surface area contributed by atoms with E-state index >= 15 is 0 Å². The molecule has 1 aromatic carbocycles. The third-order valence-corrected chi connectivity index (χ3v) is 4.20. The molecule has 0 radical (unpaired) electrons. The van der Waals surface area contributed by atoms with E-state index in [4.69, 9.17) is 4.74 Å². The Hall–Kier alpha value is -1.53. The highest BCUT2D eigenvalue weighted by atomic mass is 16.5. The van der Waals surface area contributed by atoms with Gasteiger partial charge in [0.1, 0.15) is 11.3 Å². The Morgan fingerprint density at radius 2 is 2.05 bits per heavy atom. The van der Waals surface area contributed by atoms with Gasteiger partial charge in [-0.05, 0) is 68.8 Å². The van der Waals surface area contributed by atoms with E-state index in [1.165, 1.54) is 36.8 Å². The van der Waals surface area contributed by atoms with Crippen LogP contribution >= 0.6 is 0 Å². The van der Waals surface area contributed by atoms with Crippen molar-refractivity contribution in [1.82, 2.24) is 5.32 Å². The fourth-order valence-corrected chi connectivity index (χ4v) is 2.76. The molecule has 1 atom stereocenters. The molecule has 0 bridgehead atoms. The Morgan fingerprint density at radius 3 is 2.76 bits per heavy atom. The predicted molar refractivity (Wildman–Crippen MR) is 85.5 cm³/mol. The Labute approximate surface area is 128 Å². The van der Waals surface area contributed by atoms with E-state index in [0.717, 1.165) is 18.7 Å². The zero-order valence-corrected chi connectivity index (χ0v) is 13.2. The summed E-state index contributed by atoms with van der Waals surface area (Å²) in [5.74, 6) is 0.937. The average Bonchev–Trinajstić information content (AvgIpc) is 2.53. The molecule has 0 heterocycles. The van der Waals surface area contributed by atoms with E-state index < -0.39 is 5.54 Å². The average molecular weight is 286 g/mol. The predicted octanol–water partition coefficient (Wildman–Crippen LogP) is 3.62. The van der Waals surface area contributed by atoms with Crippen LogP contribution in [0.5, 0.6) is 5.75 Å². The monoisotopic (exact) mass is 286 g/mol. The molecule has 0 amide bonds. The van der Waals surface area contributed by atoms with Gasteiger partial charge in [-0.2, -0.15) is 5.26 Å². The van der Waals surface area contributed by atoms with Gasteiger partial charge in [0.25, 0.3) is 0 Å². The smallest absolute Gasteiger partial charge is 0.119 e. The van der Waals surface area contributed by atoms with Gasteiger partial charge in [0.2, 0.25) is 0 Å². The first-order chi connectivity index (χ1) is 10.2. The number of aryl methyl sites for hydroxylation is 2. The quantitative estimate of drug-likeness (QED) is 0.832. The molecule has 0 saturated heterocycles. The SMILES string of the molecule is CCCNC(C)(C#N)CCOc1ccc2c(c1)CCCC2. The first-order valence-electron chi connectivity index (χ1n) is 8.08. The van der Waals surface area contributed by atoms with E-state index in [9.17, 15) is 5.26 Å². The number of hydrogen-bond acceptors (Lipinski definition) is 3. The maximum atomic E-state index is 9.30. The number of benzene rings is 1. The van der Waals surface area contributed by atoms with Crippen LogP contribution in [-0.2, 0) is 12.8 Å². The molecule has 3 nitrogen and oxygen atoms in total. The molecule has 3 heteroatoms. The highest BCUT2D eigenvalue weighted by Crippen LogP contribution is 2.25. The van der Waals surface area contributed by atoms with E-state index in [0.29, 0.717) is 13.0 Å². The van der Waals surface area contributed by atoms with Crippen LogP contribution in [0.15, 0.2) is 18.2 Å². The topological polar surface area (TPSA) is 45.0 Å². The van der Waals surface area contributed by atoms with Crippen LogP contribution in [0.1, 0.15) is 50.7 Å². The summed E-state index contributed by atoms with van der Waals surface area (Å²) in [5, 5.41) is 12.6. The largest absolute Gasteiger partial charge is 0.493 e. The normalized spacial score (nSPS) is 16.6. The molecule has 21 heavy (non-hydrogen) atoms. The second-order valence-corrected chi connectivity index (χ2v) is 6.11. The van der Waals surface area contributed by atoms with Crippen LogP contribution in [0.4, 0.5) is 0 Å². The lowest BCUT2D eigenvalue weighted by atomic mass is 9.92. The summed E-state index contributed by atoms with van der Waals surface area (Å²) >= 11 is 0. The number of hydrogen-bond donors (Lipinski definition) is 1. The molecule has 2 rings (SSSR count). The van der Waals surface area contributed by atoms with Gasteiger partial charge >= 0.3 is 0 Å². The Balaban J connectivity index is 1.87. The molecule has 0 saturated carbocycles. The van der Waals surface area contributed by atoms with E-state index in [1.807, 2.05) is 6.92 Å². The van der Waals surface area contributed by atoms with E-state index in [2.05, 4.69) is 36.5 Å². The second kappa shape index (κ2) is 7.47. The van der Waals surface area contributed by atoms with Crippen LogP contribution in [0.2, 0.25) is 0 Å².